The van der Waals surface area contributed by atoms with Crippen LogP contribution >= 0.6 is 0 Å². The molecule has 0 atom stereocenters. The second kappa shape index (κ2) is 11.6. The van der Waals surface area contributed by atoms with E-state index in [-0.39, 0.29) is 0 Å². The molecule has 2 aliphatic carbocycles. The van der Waals surface area contributed by atoms with Crippen LogP contribution in [0.4, 0.5) is 0 Å². The van der Waals surface area contributed by atoms with Crippen molar-refractivity contribution >= 4 is 9.05 Å². The van der Waals surface area contributed by atoms with Gasteiger partial charge < -0.3 is 17.7 Å². The van der Waals surface area contributed by atoms with E-state index < -0.39 is 9.05 Å². The molecule has 168 valence electrons. The molecule has 0 N–H and O–H groups in total. The first-order chi connectivity index (χ1) is 14.3. The highest BCUT2D eigenvalue weighted by molar-refractivity contribution is 6.53. The maximum atomic E-state index is 6.27. The number of rotatable bonds is 2. The topological polar surface area (TPSA) is 36.9 Å². The Morgan fingerprint density at radius 1 is 0.345 bits per heavy atom. The first-order valence-corrected chi connectivity index (χ1v) is 14.5. The van der Waals surface area contributed by atoms with Crippen LogP contribution in [0.3, 0.4) is 0 Å². The lowest BCUT2D eigenvalue weighted by atomic mass is 9.82. The summed E-state index contributed by atoms with van der Waals surface area (Å²) in [5.41, 5.74) is 0. The second-order valence-corrected chi connectivity index (χ2v) is 12.2. The summed E-state index contributed by atoms with van der Waals surface area (Å²) >= 11 is 0. The normalized spacial score (nSPS) is 37.7. The van der Waals surface area contributed by atoms with Gasteiger partial charge in [-0.2, -0.15) is 0 Å². The standard InChI is InChI=1S/C24H44O4Si/c1-2-6-10-21(9-5-1)23-13-17-25-29(26-18-14-23)27-19-15-24(16-20-28-29)22-11-7-3-4-8-12-22/h21-24H,1-20H2. The fourth-order valence-corrected chi connectivity index (χ4v) is 8.36. The molecule has 4 aliphatic rings. The predicted octanol–water partition coefficient (Wildman–Crippen LogP) is 6.25. The highest BCUT2D eigenvalue weighted by Crippen LogP contribution is 2.36. The Bertz CT molecular complexity index is 392. The lowest BCUT2D eigenvalue weighted by Gasteiger charge is -2.36. The third kappa shape index (κ3) is 6.52. The lowest BCUT2D eigenvalue weighted by molar-refractivity contribution is -0.0653. The van der Waals surface area contributed by atoms with Gasteiger partial charge in [-0.1, -0.05) is 77.0 Å². The SMILES string of the molecule is C1CCCC(C2CCO[Si]3(OCC2)OCCC(C2CCCCCC2)CCO3)CC1. The van der Waals surface area contributed by atoms with E-state index in [1.165, 1.54) is 77.0 Å². The van der Waals surface area contributed by atoms with E-state index in [1.54, 1.807) is 0 Å². The zero-order valence-electron chi connectivity index (χ0n) is 18.6. The van der Waals surface area contributed by atoms with Crippen LogP contribution in [-0.4, -0.2) is 35.5 Å². The molecule has 0 bridgehead atoms. The molecule has 2 saturated heterocycles. The van der Waals surface area contributed by atoms with Crippen LogP contribution in [0.25, 0.3) is 0 Å². The summed E-state index contributed by atoms with van der Waals surface area (Å²) in [5.74, 6) is 3.26. The molecule has 0 radical (unpaired) electrons. The van der Waals surface area contributed by atoms with Crippen molar-refractivity contribution in [2.45, 2.75) is 103 Å². The van der Waals surface area contributed by atoms with Crippen LogP contribution < -0.4 is 0 Å². The highest BCUT2D eigenvalue weighted by atomic mass is 28.4. The average Bonchev–Trinajstić information content (AvgIpc) is 3.12. The van der Waals surface area contributed by atoms with Crippen LogP contribution in [0.2, 0.25) is 0 Å². The Labute approximate surface area is 179 Å². The highest BCUT2D eigenvalue weighted by Gasteiger charge is 2.48. The van der Waals surface area contributed by atoms with E-state index >= 15 is 0 Å². The van der Waals surface area contributed by atoms with Crippen molar-refractivity contribution < 1.29 is 17.7 Å². The van der Waals surface area contributed by atoms with Gasteiger partial charge in [0.2, 0.25) is 0 Å². The molecule has 4 fully saturated rings. The summed E-state index contributed by atoms with van der Waals surface area (Å²) in [6.45, 7) is 3.00. The van der Waals surface area contributed by atoms with Crippen molar-refractivity contribution in [1.29, 1.82) is 0 Å². The molecule has 0 aromatic heterocycles. The van der Waals surface area contributed by atoms with Gasteiger partial charge in [-0.3, -0.25) is 0 Å². The molecule has 5 heteroatoms. The van der Waals surface area contributed by atoms with Gasteiger partial charge in [-0.25, -0.2) is 0 Å². The van der Waals surface area contributed by atoms with Gasteiger partial charge in [0.05, 0.1) is 0 Å². The van der Waals surface area contributed by atoms with Crippen molar-refractivity contribution in [3.05, 3.63) is 0 Å². The van der Waals surface area contributed by atoms with Gasteiger partial charge in [0, 0.05) is 26.4 Å². The Hall–Kier alpha value is 0.0569. The minimum atomic E-state index is -2.91. The summed E-state index contributed by atoms with van der Waals surface area (Å²) in [4.78, 5) is 0. The van der Waals surface area contributed by atoms with Crippen LogP contribution in [0.1, 0.15) is 103 Å². The van der Waals surface area contributed by atoms with Crippen molar-refractivity contribution in [2.24, 2.45) is 23.7 Å². The molecule has 2 heterocycles. The number of hydrogen-bond acceptors (Lipinski definition) is 4. The van der Waals surface area contributed by atoms with E-state index in [2.05, 4.69) is 0 Å². The Morgan fingerprint density at radius 3 is 0.931 bits per heavy atom. The van der Waals surface area contributed by atoms with Crippen molar-refractivity contribution in [2.75, 3.05) is 26.4 Å². The predicted molar refractivity (Wildman–Crippen MR) is 117 cm³/mol. The van der Waals surface area contributed by atoms with E-state index in [4.69, 9.17) is 17.7 Å². The average molecular weight is 425 g/mol. The fourth-order valence-electron chi connectivity index (χ4n) is 6.39. The third-order valence-corrected chi connectivity index (χ3v) is 10.4. The smallest absolute Gasteiger partial charge is 0.351 e. The van der Waals surface area contributed by atoms with Crippen molar-refractivity contribution in [3.63, 3.8) is 0 Å². The van der Waals surface area contributed by atoms with Crippen LogP contribution in [-0.2, 0) is 17.7 Å². The van der Waals surface area contributed by atoms with Gasteiger partial charge >= 0.3 is 9.05 Å². The first kappa shape index (κ1) is 22.3. The largest absolute Gasteiger partial charge is 0.679 e. The zero-order chi connectivity index (χ0) is 19.8. The van der Waals surface area contributed by atoms with Crippen molar-refractivity contribution in [1.82, 2.24) is 0 Å². The van der Waals surface area contributed by atoms with Gasteiger partial charge in [0.25, 0.3) is 0 Å². The molecule has 2 saturated carbocycles. The van der Waals surface area contributed by atoms with E-state index in [9.17, 15) is 0 Å². The summed E-state index contributed by atoms with van der Waals surface area (Å²) in [6.07, 6.45) is 21.6. The van der Waals surface area contributed by atoms with Gasteiger partial charge in [-0.15, -0.1) is 0 Å². The monoisotopic (exact) mass is 424 g/mol. The van der Waals surface area contributed by atoms with Crippen molar-refractivity contribution in [3.8, 4) is 0 Å². The summed E-state index contributed by atoms with van der Waals surface area (Å²) in [6, 6.07) is 0. The molecular weight excluding hydrogens is 380 g/mol. The molecule has 0 aromatic rings. The summed E-state index contributed by atoms with van der Waals surface area (Å²) < 4.78 is 25.1. The third-order valence-electron chi connectivity index (χ3n) is 8.20. The second-order valence-electron chi connectivity index (χ2n) is 10.1. The van der Waals surface area contributed by atoms with Gasteiger partial charge in [0.15, 0.2) is 0 Å². The maximum absolute atomic E-state index is 6.27. The minimum Gasteiger partial charge on any atom is -0.351 e. The molecule has 0 aromatic carbocycles. The van der Waals surface area contributed by atoms with E-state index in [0.29, 0.717) is 0 Å². The zero-order valence-corrected chi connectivity index (χ0v) is 19.6. The van der Waals surface area contributed by atoms with Gasteiger partial charge in [0.1, 0.15) is 0 Å². The van der Waals surface area contributed by atoms with Gasteiger partial charge in [-0.05, 0) is 49.4 Å². The molecule has 0 unspecified atom stereocenters. The summed E-state index contributed by atoms with van der Waals surface area (Å²) in [7, 11) is -2.91. The van der Waals surface area contributed by atoms with Crippen LogP contribution in [0.15, 0.2) is 0 Å². The lowest BCUT2D eigenvalue weighted by Crippen LogP contribution is -2.52. The Morgan fingerprint density at radius 2 is 0.621 bits per heavy atom. The molecule has 4 rings (SSSR count). The Kier molecular flexibility index (Phi) is 8.91. The quantitative estimate of drug-likeness (QED) is 0.388. The summed E-state index contributed by atoms with van der Waals surface area (Å²) in [5, 5.41) is 0. The van der Waals surface area contributed by atoms with Crippen LogP contribution in [0, 0.1) is 23.7 Å². The molecule has 4 nitrogen and oxygen atoms in total. The molecule has 1 spiro atoms. The molecule has 2 aliphatic heterocycles. The van der Waals surface area contributed by atoms with E-state index in [0.717, 1.165) is 75.8 Å². The fraction of sp³-hybridized carbons (Fsp3) is 1.00. The van der Waals surface area contributed by atoms with Crippen LogP contribution in [0.5, 0.6) is 0 Å². The van der Waals surface area contributed by atoms with E-state index in [1.807, 2.05) is 0 Å². The maximum Gasteiger partial charge on any atom is 0.679 e. The molecule has 0 amide bonds. The Balaban J connectivity index is 1.25. The first-order valence-electron chi connectivity index (χ1n) is 12.9. The molecule has 29 heavy (non-hydrogen) atoms. The minimum absolute atomic E-state index is 0.749. The molecular formula is C24H44O4Si. The number of hydrogen-bond donors (Lipinski definition) is 0.